The molecule has 10 heteroatoms. The minimum atomic E-state index is -1.81. The maximum absolute atomic E-state index is 14.2. The molecule has 6 nitrogen and oxygen atoms in total. The summed E-state index contributed by atoms with van der Waals surface area (Å²) in [7, 11) is -2.42. The van der Waals surface area contributed by atoms with E-state index in [1.165, 1.54) is 12.1 Å². The Morgan fingerprint density at radius 2 is 1.91 bits per heavy atom. The third kappa shape index (κ3) is 8.81. The number of hydrogen-bond donors (Lipinski definition) is 1. The maximum Gasteiger partial charge on any atom is 0.412 e. The van der Waals surface area contributed by atoms with Crippen LogP contribution in [0.25, 0.3) is 0 Å². The van der Waals surface area contributed by atoms with Crippen LogP contribution in [-0.2, 0) is 20.2 Å². The molecular weight excluding hydrogens is 537 g/mol. The van der Waals surface area contributed by atoms with Gasteiger partial charge in [0.2, 0.25) is 0 Å². The summed E-state index contributed by atoms with van der Waals surface area (Å²) in [5, 5.41) is 2.90. The van der Waals surface area contributed by atoms with Crippen molar-refractivity contribution in [3.63, 3.8) is 0 Å². The van der Waals surface area contributed by atoms with Gasteiger partial charge in [0.25, 0.3) is 0 Å². The van der Waals surface area contributed by atoms with Crippen LogP contribution in [0.15, 0.2) is 46.9 Å². The number of amides is 1. The van der Waals surface area contributed by atoms with Gasteiger partial charge in [-0.3, -0.25) is 5.32 Å². The fourth-order valence-corrected chi connectivity index (χ4v) is 8.69. The highest BCUT2D eigenvalue weighted by Gasteiger charge is 2.44. The number of rotatable bonds is 10. The highest BCUT2D eigenvalue weighted by molar-refractivity contribution is 9.10. The van der Waals surface area contributed by atoms with Crippen molar-refractivity contribution < 1.29 is 27.5 Å². The quantitative estimate of drug-likeness (QED) is 0.280. The van der Waals surface area contributed by atoms with Gasteiger partial charge in [0.05, 0.1) is 16.3 Å². The molecule has 0 saturated carbocycles. The SMILES string of the molecule is CC(C)(C)[SiH2]O[Si](C)(C)C[C@H]1O[C@@H]1COc1cc(F)c(Br)cc1NC(=O)OCc1ccccc1. The van der Waals surface area contributed by atoms with Crippen LogP contribution in [0, 0.1) is 5.82 Å². The van der Waals surface area contributed by atoms with Crippen molar-refractivity contribution in [2.75, 3.05) is 11.9 Å². The molecule has 3 rings (SSSR count). The molecule has 0 radical (unpaired) electrons. The number of anilines is 1. The zero-order valence-electron chi connectivity index (χ0n) is 20.3. The first-order chi connectivity index (χ1) is 15.9. The second kappa shape index (κ2) is 11.3. The van der Waals surface area contributed by atoms with Gasteiger partial charge in [0.15, 0.2) is 18.1 Å². The maximum atomic E-state index is 14.2. The Hall–Kier alpha value is -1.73. The van der Waals surface area contributed by atoms with Gasteiger partial charge >= 0.3 is 6.09 Å². The Balaban J connectivity index is 1.53. The van der Waals surface area contributed by atoms with E-state index in [9.17, 15) is 9.18 Å². The van der Waals surface area contributed by atoms with Gasteiger partial charge in [-0.15, -0.1) is 0 Å². The highest BCUT2D eigenvalue weighted by Crippen LogP contribution is 2.35. The normalized spacial score (nSPS) is 18.2. The average Bonchev–Trinajstić information content (AvgIpc) is 3.49. The van der Waals surface area contributed by atoms with E-state index in [0.717, 1.165) is 11.6 Å². The molecule has 1 amide bonds. The van der Waals surface area contributed by atoms with E-state index in [0.29, 0.717) is 5.69 Å². The predicted octanol–water partition coefficient (Wildman–Crippen LogP) is 6.01. The van der Waals surface area contributed by atoms with Crippen molar-refractivity contribution in [1.82, 2.24) is 0 Å². The third-order valence-electron chi connectivity index (χ3n) is 5.15. The summed E-state index contributed by atoms with van der Waals surface area (Å²) in [6.07, 6.45) is -0.639. The molecule has 1 fully saturated rings. The van der Waals surface area contributed by atoms with E-state index in [1.54, 1.807) is 0 Å². The molecule has 1 saturated heterocycles. The largest absolute Gasteiger partial charge is 0.488 e. The van der Waals surface area contributed by atoms with Crippen LogP contribution >= 0.6 is 15.9 Å². The fourth-order valence-electron chi connectivity index (χ4n) is 3.25. The van der Waals surface area contributed by atoms with E-state index in [1.807, 2.05) is 30.3 Å². The lowest BCUT2D eigenvalue weighted by atomic mass is 10.2. The summed E-state index contributed by atoms with van der Waals surface area (Å²) in [6.45, 7) is 11.5. The first-order valence-electron chi connectivity index (χ1n) is 11.3. The van der Waals surface area contributed by atoms with Crippen LogP contribution in [0.3, 0.4) is 0 Å². The molecule has 2 aromatic rings. The standard InChI is InChI=1S/C24H33BrFNO5Si2/c1-24(2,3)33-32-34(4,5)15-22-21(31-22)14-29-20-12-18(26)17(25)11-19(20)27-23(28)30-13-16-9-7-6-8-10-16/h6-12,21-22H,13-15,33H2,1-5H3,(H,27,28)/t21-,22-/m1/s1. The Kier molecular flexibility index (Phi) is 8.96. The molecule has 2 atom stereocenters. The van der Waals surface area contributed by atoms with E-state index in [4.69, 9.17) is 18.3 Å². The number of halogens is 2. The number of benzene rings is 2. The van der Waals surface area contributed by atoms with Crippen LogP contribution < -0.4 is 10.1 Å². The van der Waals surface area contributed by atoms with Gasteiger partial charge in [-0.2, -0.15) is 0 Å². The van der Waals surface area contributed by atoms with Gasteiger partial charge in [0.1, 0.15) is 30.9 Å². The molecule has 0 aliphatic carbocycles. The Labute approximate surface area is 212 Å². The topological polar surface area (TPSA) is 69.3 Å². The lowest BCUT2D eigenvalue weighted by Crippen LogP contribution is -2.36. The van der Waals surface area contributed by atoms with Crippen molar-refractivity contribution in [3.05, 3.63) is 58.3 Å². The van der Waals surface area contributed by atoms with Crippen molar-refractivity contribution in [1.29, 1.82) is 0 Å². The summed E-state index contributed by atoms with van der Waals surface area (Å²) >= 11 is 3.16. The molecule has 186 valence electrons. The molecule has 0 aromatic heterocycles. The summed E-state index contributed by atoms with van der Waals surface area (Å²) in [6, 6.07) is 13.0. The van der Waals surface area contributed by atoms with Crippen LogP contribution in [0.2, 0.25) is 24.2 Å². The molecule has 0 spiro atoms. The Bertz CT molecular complexity index is 987. The van der Waals surface area contributed by atoms with Crippen molar-refractivity contribution >= 4 is 45.8 Å². The summed E-state index contributed by atoms with van der Waals surface area (Å²) < 4.78 is 37.6. The number of carbonyl (C=O) groups excluding carboxylic acids is 1. The summed E-state index contributed by atoms with van der Waals surface area (Å²) in [4.78, 5) is 12.3. The lowest BCUT2D eigenvalue weighted by Gasteiger charge is -2.27. The minimum absolute atomic E-state index is 0.0729. The van der Waals surface area contributed by atoms with Crippen LogP contribution in [0.1, 0.15) is 26.3 Å². The van der Waals surface area contributed by atoms with E-state index >= 15 is 0 Å². The van der Waals surface area contributed by atoms with Crippen LogP contribution in [-0.4, -0.2) is 43.0 Å². The predicted molar refractivity (Wildman–Crippen MR) is 140 cm³/mol. The fraction of sp³-hybridized carbons (Fsp3) is 0.458. The van der Waals surface area contributed by atoms with Gasteiger partial charge in [0, 0.05) is 6.07 Å². The average molecular weight is 571 g/mol. The van der Waals surface area contributed by atoms with E-state index < -0.39 is 30.0 Å². The number of carbonyl (C=O) groups is 1. The second-order valence-corrected chi connectivity index (χ2v) is 18.6. The second-order valence-electron chi connectivity index (χ2n) is 10.3. The molecule has 1 aliphatic heterocycles. The summed E-state index contributed by atoms with van der Waals surface area (Å²) in [5.41, 5.74) is 1.18. The first kappa shape index (κ1) is 26.9. The minimum Gasteiger partial charge on any atom is -0.488 e. The van der Waals surface area contributed by atoms with Gasteiger partial charge in [-0.1, -0.05) is 51.1 Å². The Morgan fingerprint density at radius 1 is 1.21 bits per heavy atom. The number of nitrogens with one attached hydrogen (secondary N) is 1. The number of ether oxygens (including phenoxy) is 3. The molecular formula is C24H33BrFNO5Si2. The molecule has 34 heavy (non-hydrogen) atoms. The molecule has 1 N–H and O–H groups in total. The van der Waals surface area contributed by atoms with Crippen molar-refractivity contribution in [2.45, 2.75) is 63.8 Å². The van der Waals surface area contributed by atoms with Gasteiger partial charge in [-0.05, 0) is 51.7 Å². The lowest BCUT2D eigenvalue weighted by molar-refractivity contribution is 0.155. The zero-order valence-corrected chi connectivity index (χ0v) is 24.3. The van der Waals surface area contributed by atoms with Gasteiger partial charge < -0.3 is 18.3 Å². The Morgan fingerprint density at radius 3 is 2.59 bits per heavy atom. The number of hydrogen-bond acceptors (Lipinski definition) is 5. The zero-order chi connectivity index (χ0) is 24.9. The highest BCUT2D eigenvalue weighted by atomic mass is 79.9. The molecule has 0 unspecified atom stereocenters. The van der Waals surface area contributed by atoms with E-state index in [2.05, 4.69) is 55.1 Å². The molecule has 1 aliphatic rings. The van der Waals surface area contributed by atoms with Crippen molar-refractivity contribution in [3.8, 4) is 5.75 Å². The smallest absolute Gasteiger partial charge is 0.412 e. The van der Waals surface area contributed by atoms with Crippen LogP contribution in [0.4, 0.5) is 14.9 Å². The summed E-state index contributed by atoms with van der Waals surface area (Å²) in [5.74, 6) is -0.264. The van der Waals surface area contributed by atoms with Gasteiger partial charge in [-0.25, -0.2) is 9.18 Å². The first-order valence-corrected chi connectivity index (χ1v) is 16.5. The number of epoxide rings is 1. The van der Waals surface area contributed by atoms with Crippen LogP contribution in [0.5, 0.6) is 5.75 Å². The molecule has 0 bridgehead atoms. The van der Waals surface area contributed by atoms with E-state index in [-0.39, 0.29) is 40.7 Å². The van der Waals surface area contributed by atoms with Crippen molar-refractivity contribution in [2.24, 2.45) is 0 Å². The third-order valence-corrected chi connectivity index (χ3v) is 11.7. The molecule has 2 aromatic carbocycles. The molecule has 1 heterocycles. The monoisotopic (exact) mass is 569 g/mol.